The van der Waals surface area contributed by atoms with Gasteiger partial charge in [-0.2, -0.15) is 5.26 Å². The van der Waals surface area contributed by atoms with E-state index in [-0.39, 0.29) is 18.1 Å². The van der Waals surface area contributed by atoms with Crippen molar-refractivity contribution in [1.82, 2.24) is 10.3 Å². The van der Waals surface area contributed by atoms with Crippen LogP contribution >= 0.6 is 0 Å². The molecule has 0 fully saturated rings. The van der Waals surface area contributed by atoms with Gasteiger partial charge in [0.2, 0.25) is 0 Å². The molecule has 1 aromatic heterocycles. The lowest BCUT2D eigenvalue weighted by Crippen LogP contribution is -2.23. The van der Waals surface area contributed by atoms with Gasteiger partial charge in [-0.15, -0.1) is 0 Å². The molecule has 2 rings (SSSR count). The lowest BCUT2D eigenvalue weighted by atomic mass is 10.1. The van der Waals surface area contributed by atoms with Crippen LogP contribution in [-0.4, -0.2) is 16.7 Å². The second kappa shape index (κ2) is 9.14. The van der Waals surface area contributed by atoms with Crippen LogP contribution in [0.1, 0.15) is 46.7 Å². The van der Waals surface area contributed by atoms with Crippen LogP contribution in [0.15, 0.2) is 42.6 Å². The maximum absolute atomic E-state index is 11.9. The van der Waals surface area contributed by atoms with Gasteiger partial charge in [-0.25, -0.2) is 0 Å². The molecule has 0 saturated carbocycles. The van der Waals surface area contributed by atoms with Gasteiger partial charge in [-0.1, -0.05) is 44.2 Å². The van der Waals surface area contributed by atoms with Crippen molar-refractivity contribution in [2.24, 2.45) is 0 Å². The molecule has 1 amide bonds. The van der Waals surface area contributed by atoms with Gasteiger partial charge in [0.15, 0.2) is 5.78 Å². The van der Waals surface area contributed by atoms with Crippen molar-refractivity contribution in [1.29, 1.82) is 5.26 Å². The van der Waals surface area contributed by atoms with Crippen molar-refractivity contribution in [3.05, 3.63) is 59.4 Å². The molecule has 0 unspecified atom stereocenters. The summed E-state index contributed by atoms with van der Waals surface area (Å²) in [5.74, 6) is -0.587. The first kappa shape index (κ1) is 17.2. The van der Waals surface area contributed by atoms with Crippen molar-refractivity contribution >= 4 is 11.7 Å². The minimum absolute atomic E-state index is 0.192. The van der Waals surface area contributed by atoms with Gasteiger partial charge in [0, 0.05) is 18.3 Å². The highest BCUT2D eigenvalue weighted by Crippen LogP contribution is 2.07. The highest BCUT2D eigenvalue weighted by Gasteiger charge is 2.12. The van der Waals surface area contributed by atoms with E-state index >= 15 is 0 Å². The molecule has 5 heteroatoms. The number of benzene rings is 1. The first-order valence-corrected chi connectivity index (χ1v) is 7.11. The first-order valence-electron chi connectivity index (χ1n) is 7.11. The maximum Gasteiger partial charge on any atom is 0.267 e. The molecule has 0 aliphatic rings. The highest BCUT2D eigenvalue weighted by molar-refractivity contribution is 6.00. The topological polar surface area (TPSA) is 85.8 Å². The molecule has 0 bridgehead atoms. The number of carbonyl (C=O) groups excluding carboxylic acids is 2. The average Bonchev–Trinajstić information content (AvgIpc) is 3.06. The lowest BCUT2D eigenvalue weighted by molar-refractivity contribution is 0.0946. The fraction of sp³-hybridized carbons (Fsp3) is 0.235. The molecule has 2 N–H and O–H groups in total. The summed E-state index contributed by atoms with van der Waals surface area (Å²) in [6, 6.07) is 12.8. The lowest BCUT2D eigenvalue weighted by Gasteiger charge is -2.03. The van der Waals surface area contributed by atoms with Crippen molar-refractivity contribution < 1.29 is 9.59 Å². The Labute approximate surface area is 130 Å². The fourth-order valence-electron chi connectivity index (χ4n) is 1.73. The molecular formula is C17H19N3O2. The van der Waals surface area contributed by atoms with Crippen LogP contribution in [0.3, 0.4) is 0 Å². The number of hydrogen-bond acceptors (Lipinski definition) is 3. The molecule has 22 heavy (non-hydrogen) atoms. The van der Waals surface area contributed by atoms with E-state index in [1.165, 1.54) is 12.3 Å². The summed E-state index contributed by atoms with van der Waals surface area (Å²) in [5, 5.41) is 11.2. The molecular weight excluding hydrogens is 278 g/mol. The SMILES string of the molecule is CC.N#CCC(=O)c1c[nH]c(C(=O)NCc2ccccc2)c1. The summed E-state index contributed by atoms with van der Waals surface area (Å²) in [6.07, 6.45) is 1.25. The number of Topliss-reactive ketones (excluding diaryl/α,β-unsaturated/α-hetero) is 1. The van der Waals surface area contributed by atoms with Crippen LogP contribution in [0.5, 0.6) is 0 Å². The van der Waals surface area contributed by atoms with Crippen molar-refractivity contribution in [3.8, 4) is 6.07 Å². The number of ketones is 1. The molecule has 0 aliphatic carbocycles. The van der Waals surface area contributed by atoms with Crippen LogP contribution in [0.25, 0.3) is 0 Å². The van der Waals surface area contributed by atoms with Gasteiger partial charge < -0.3 is 10.3 Å². The molecule has 2 aromatic rings. The Balaban J connectivity index is 0.00000116. The van der Waals surface area contributed by atoms with Crippen LogP contribution in [0, 0.1) is 11.3 Å². The Hall–Kier alpha value is -2.87. The Morgan fingerprint density at radius 1 is 1.23 bits per heavy atom. The monoisotopic (exact) mass is 297 g/mol. The maximum atomic E-state index is 11.9. The largest absolute Gasteiger partial charge is 0.356 e. The minimum Gasteiger partial charge on any atom is -0.356 e. The molecule has 0 aliphatic heterocycles. The van der Waals surface area contributed by atoms with Gasteiger partial charge >= 0.3 is 0 Å². The molecule has 0 atom stereocenters. The second-order valence-corrected chi connectivity index (χ2v) is 4.23. The minimum atomic E-state index is -0.300. The molecule has 1 aromatic carbocycles. The Morgan fingerprint density at radius 3 is 2.55 bits per heavy atom. The van der Waals surface area contributed by atoms with E-state index in [1.807, 2.05) is 44.2 Å². The average molecular weight is 297 g/mol. The van der Waals surface area contributed by atoms with Gasteiger partial charge in [-0.05, 0) is 11.6 Å². The molecule has 5 nitrogen and oxygen atoms in total. The molecule has 1 heterocycles. The zero-order valence-corrected chi connectivity index (χ0v) is 12.7. The van der Waals surface area contributed by atoms with Crippen molar-refractivity contribution in [3.63, 3.8) is 0 Å². The van der Waals surface area contributed by atoms with Gasteiger partial charge in [0.1, 0.15) is 5.69 Å². The fourth-order valence-corrected chi connectivity index (χ4v) is 1.73. The van der Waals surface area contributed by atoms with Gasteiger partial charge in [0.05, 0.1) is 12.5 Å². The summed E-state index contributed by atoms with van der Waals surface area (Å²) in [4.78, 5) is 26.1. The van der Waals surface area contributed by atoms with E-state index < -0.39 is 0 Å². The normalized spacial score (nSPS) is 9.14. The number of aromatic nitrogens is 1. The first-order chi connectivity index (χ1) is 10.7. The summed E-state index contributed by atoms with van der Waals surface area (Å²) in [5.41, 5.74) is 1.65. The van der Waals surface area contributed by atoms with Crippen LogP contribution < -0.4 is 5.32 Å². The van der Waals surface area contributed by atoms with Gasteiger partial charge in [0.25, 0.3) is 5.91 Å². The summed E-state index contributed by atoms with van der Waals surface area (Å²) >= 11 is 0. The molecule has 0 saturated heterocycles. The Kier molecular flexibility index (Phi) is 7.14. The molecule has 0 spiro atoms. The number of H-pyrrole nitrogens is 1. The summed E-state index contributed by atoms with van der Waals surface area (Å²) < 4.78 is 0. The van der Waals surface area contributed by atoms with Crippen LogP contribution in [0.4, 0.5) is 0 Å². The van der Waals surface area contributed by atoms with E-state index in [4.69, 9.17) is 5.26 Å². The quantitative estimate of drug-likeness (QED) is 0.832. The number of nitriles is 1. The van der Waals surface area contributed by atoms with Gasteiger partial charge in [-0.3, -0.25) is 9.59 Å². The third kappa shape index (κ3) is 4.91. The Morgan fingerprint density at radius 2 is 1.91 bits per heavy atom. The molecule has 0 radical (unpaired) electrons. The van der Waals surface area contributed by atoms with E-state index in [1.54, 1.807) is 6.07 Å². The number of aromatic amines is 1. The zero-order valence-electron chi connectivity index (χ0n) is 12.7. The number of amides is 1. The van der Waals surface area contributed by atoms with Crippen molar-refractivity contribution in [2.75, 3.05) is 0 Å². The standard InChI is InChI=1S/C15H13N3O2.C2H6/c16-7-6-14(19)12-8-13(17-10-12)15(20)18-9-11-4-2-1-3-5-11;1-2/h1-5,8,10,17H,6,9H2,(H,18,20);1-2H3. The Bertz CT molecular complexity index is 654. The number of hydrogen-bond donors (Lipinski definition) is 2. The van der Waals surface area contributed by atoms with Crippen LogP contribution in [-0.2, 0) is 6.54 Å². The zero-order chi connectivity index (χ0) is 16.4. The third-order valence-corrected chi connectivity index (χ3v) is 2.79. The number of nitrogens with zero attached hydrogens (tertiary/aromatic N) is 1. The second-order valence-electron chi connectivity index (χ2n) is 4.23. The predicted molar refractivity (Wildman–Crippen MR) is 84.3 cm³/mol. The molecule has 114 valence electrons. The summed E-state index contributed by atoms with van der Waals surface area (Å²) in [7, 11) is 0. The van der Waals surface area contributed by atoms with E-state index in [0.717, 1.165) is 5.56 Å². The summed E-state index contributed by atoms with van der Waals surface area (Å²) in [6.45, 7) is 4.42. The predicted octanol–water partition coefficient (Wildman–Crippen LogP) is 3.07. The van der Waals surface area contributed by atoms with Crippen molar-refractivity contribution in [2.45, 2.75) is 26.8 Å². The highest BCUT2D eigenvalue weighted by atomic mass is 16.2. The van der Waals surface area contributed by atoms with E-state index in [2.05, 4.69) is 10.3 Å². The van der Waals surface area contributed by atoms with E-state index in [9.17, 15) is 9.59 Å². The number of carbonyl (C=O) groups is 2. The number of rotatable bonds is 5. The van der Waals surface area contributed by atoms with Crippen LogP contribution in [0.2, 0.25) is 0 Å². The third-order valence-electron chi connectivity index (χ3n) is 2.79. The van der Waals surface area contributed by atoms with E-state index in [0.29, 0.717) is 17.8 Å². The number of nitrogens with one attached hydrogen (secondary N) is 2. The smallest absolute Gasteiger partial charge is 0.267 e.